The number of ether oxygens (including phenoxy) is 2. The number of halogens is 1. The van der Waals surface area contributed by atoms with Crippen LogP contribution in [0.15, 0.2) is 30.7 Å². The van der Waals surface area contributed by atoms with Crippen molar-refractivity contribution >= 4 is 17.8 Å². The molecule has 1 aliphatic heterocycles. The van der Waals surface area contributed by atoms with Gasteiger partial charge < -0.3 is 24.6 Å². The van der Waals surface area contributed by atoms with Crippen LogP contribution in [0.1, 0.15) is 58.3 Å². The number of aromatic nitrogens is 2. The summed E-state index contributed by atoms with van der Waals surface area (Å²) in [6.45, 7) is 13.5. The number of carbonyl (C=O) groups excluding carboxylic acids is 2. The molecule has 196 valence electrons. The van der Waals surface area contributed by atoms with Crippen molar-refractivity contribution < 1.29 is 23.5 Å². The molecule has 0 spiro atoms. The lowest BCUT2D eigenvalue weighted by Crippen LogP contribution is -2.36. The molecule has 1 N–H and O–H groups in total. The fraction of sp³-hybridized carbons (Fsp3) is 0.538. The van der Waals surface area contributed by atoms with Crippen LogP contribution in [-0.4, -0.2) is 69.6 Å². The summed E-state index contributed by atoms with van der Waals surface area (Å²) in [7, 11) is 0. The smallest absolute Gasteiger partial charge is 0.410 e. The fourth-order valence-electron chi connectivity index (χ4n) is 4.03. The summed E-state index contributed by atoms with van der Waals surface area (Å²) in [5.41, 5.74) is -0.408. The van der Waals surface area contributed by atoms with E-state index in [1.54, 1.807) is 9.80 Å². The maximum absolute atomic E-state index is 14.1. The second kappa shape index (κ2) is 11.5. The molecule has 1 saturated heterocycles. The summed E-state index contributed by atoms with van der Waals surface area (Å²) in [5, 5.41) is 3.27. The number of hydrogen-bond donors (Lipinski definition) is 1. The first-order chi connectivity index (χ1) is 17.0. The van der Waals surface area contributed by atoms with Crippen LogP contribution >= 0.6 is 0 Å². The van der Waals surface area contributed by atoms with Crippen molar-refractivity contribution in [3.05, 3.63) is 42.1 Å². The number of nitrogens with one attached hydrogen (secondary N) is 1. The predicted molar refractivity (Wildman–Crippen MR) is 135 cm³/mol. The number of likely N-dealkylation sites (tertiary alicyclic amines) is 1. The summed E-state index contributed by atoms with van der Waals surface area (Å²) in [5.74, 6) is 0.334. The van der Waals surface area contributed by atoms with Crippen LogP contribution in [0.3, 0.4) is 0 Å². The minimum absolute atomic E-state index is 0.0532. The monoisotopic (exact) mass is 501 g/mol. The Labute approximate surface area is 212 Å². The largest absolute Gasteiger partial charge is 0.451 e. The molecule has 1 atom stereocenters. The lowest BCUT2D eigenvalue weighted by Gasteiger charge is -2.26. The van der Waals surface area contributed by atoms with E-state index in [0.717, 1.165) is 6.42 Å². The van der Waals surface area contributed by atoms with Gasteiger partial charge in [-0.3, -0.25) is 4.79 Å². The third-order valence-corrected chi connectivity index (χ3v) is 5.79. The summed E-state index contributed by atoms with van der Waals surface area (Å²) in [4.78, 5) is 37.2. The summed E-state index contributed by atoms with van der Waals surface area (Å²) >= 11 is 0. The van der Waals surface area contributed by atoms with Crippen LogP contribution in [0.2, 0.25) is 0 Å². The highest BCUT2D eigenvalue weighted by molar-refractivity contribution is 5.97. The van der Waals surface area contributed by atoms with E-state index in [-0.39, 0.29) is 35.3 Å². The molecule has 0 radical (unpaired) electrons. The Bertz CT molecular complexity index is 1070. The van der Waals surface area contributed by atoms with Crippen molar-refractivity contribution in [3.63, 3.8) is 0 Å². The van der Waals surface area contributed by atoms with E-state index in [0.29, 0.717) is 37.7 Å². The molecule has 1 aromatic carbocycles. The molecule has 2 amide bonds. The van der Waals surface area contributed by atoms with Gasteiger partial charge in [0.25, 0.3) is 5.91 Å². The van der Waals surface area contributed by atoms with Gasteiger partial charge in [0.2, 0.25) is 0 Å². The van der Waals surface area contributed by atoms with E-state index in [4.69, 9.17) is 9.47 Å². The molecule has 2 aromatic rings. The molecule has 1 aromatic heterocycles. The van der Waals surface area contributed by atoms with Crippen LogP contribution in [0, 0.1) is 11.7 Å². The molecule has 1 aliphatic rings. The molecule has 10 heteroatoms. The Balaban J connectivity index is 1.71. The van der Waals surface area contributed by atoms with Crippen LogP contribution < -0.4 is 10.1 Å². The van der Waals surface area contributed by atoms with Gasteiger partial charge in [-0.1, -0.05) is 0 Å². The number of benzene rings is 1. The Morgan fingerprint density at radius 2 is 2.03 bits per heavy atom. The Hall–Kier alpha value is -3.43. The Morgan fingerprint density at radius 1 is 1.28 bits per heavy atom. The van der Waals surface area contributed by atoms with Gasteiger partial charge >= 0.3 is 6.09 Å². The lowest BCUT2D eigenvalue weighted by atomic mass is 10.1. The van der Waals surface area contributed by atoms with Crippen LogP contribution in [-0.2, 0) is 4.74 Å². The third kappa shape index (κ3) is 7.05. The highest BCUT2D eigenvalue weighted by Crippen LogP contribution is 2.31. The predicted octanol–water partition coefficient (Wildman–Crippen LogP) is 4.95. The van der Waals surface area contributed by atoms with Gasteiger partial charge in [-0.25, -0.2) is 19.2 Å². The van der Waals surface area contributed by atoms with Gasteiger partial charge in [0, 0.05) is 32.2 Å². The van der Waals surface area contributed by atoms with Gasteiger partial charge in [-0.2, -0.15) is 0 Å². The highest BCUT2D eigenvalue weighted by atomic mass is 19.1. The second-order valence-corrected chi connectivity index (χ2v) is 10.1. The zero-order valence-electron chi connectivity index (χ0n) is 21.9. The van der Waals surface area contributed by atoms with Crippen LogP contribution in [0.25, 0.3) is 0 Å². The summed E-state index contributed by atoms with van der Waals surface area (Å²) in [6, 6.07) is 3.81. The first kappa shape index (κ1) is 27.2. The normalized spacial score (nSPS) is 15.7. The maximum Gasteiger partial charge on any atom is 0.410 e. The van der Waals surface area contributed by atoms with Crippen LogP contribution in [0.5, 0.6) is 11.5 Å². The zero-order chi connectivity index (χ0) is 26.5. The molecule has 3 rings (SSSR count). The van der Waals surface area contributed by atoms with Gasteiger partial charge in [0.05, 0.1) is 11.8 Å². The number of carbonyl (C=O) groups is 2. The molecular formula is C26H36FN5O4. The fourth-order valence-corrected chi connectivity index (χ4v) is 4.03. The standard InChI is InChI=1S/C26H36FN5O4/c1-7-32(17(2)3)24(33)20-12-19(27)8-9-21(20)35-22-14-28-16-30-23(22)29-13-18-10-11-31(15-18)25(34)36-26(4,5)6/h8-9,12,14,16-18H,7,10-11,13,15H2,1-6H3,(H,28,29,30)/t18-/m1/s1. The van der Waals surface area contributed by atoms with Crippen molar-refractivity contribution in [1.82, 2.24) is 19.8 Å². The van der Waals surface area contributed by atoms with Gasteiger partial charge in [0.15, 0.2) is 11.6 Å². The van der Waals surface area contributed by atoms with Crippen LogP contribution in [0.4, 0.5) is 15.0 Å². The average Bonchev–Trinajstić information content (AvgIpc) is 3.28. The number of anilines is 1. The van der Waals surface area contributed by atoms with Gasteiger partial charge in [-0.15, -0.1) is 0 Å². The minimum Gasteiger partial charge on any atom is -0.451 e. The number of amides is 2. The van der Waals surface area contributed by atoms with Crippen molar-refractivity contribution in [1.29, 1.82) is 0 Å². The summed E-state index contributed by atoms with van der Waals surface area (Å²) < 4.78 is 25.6. The van der Waals surface area contributed by atoms with E-state index in [9.17, 15) is 14.0 Å². The van der Waals surface area contributed by atoms with Crippen molar-refractivity contribution in [2.75, 3.05) is 31.5 Å². The second-order valence-electron chi connectivity index (χ2n) is 10.1. The van der Waals surface area contributed by atoms with E-state index in [1.165, 1.54) is 30.7 Å². The van der Waals surface area contributed by atoms with E-state index >= 15 is 0 Å². The minimum atomic E-state index is -0.537. The maximum atomic E-state index is 14.1. The van der Waals surface area contributed by atoms with Gasteiger partial charge in [-0.05, 0) is 72.1 Å². The van der Waals surface area contributed by atoms with Crippen molar-refractivity contribution in [2.24, 2.45) is 5.92 Å². The van der Waals surface area contributed by atoms with E-state index in [1.807, 2.05) is 41.5 Å². The SMILES string of the molecule is CCN(C(=O)c1cc(F)ccc1Oc1cncnc1NC[C@H]1CCN(C(=O)OC(C)(C)C)C1)C(C)C. The van der Waals surface area contributed by atoms with E-state index in [2.05, 4.69) is 15.3 Å². The molecule has 1 fully saturated rings. The highest BCUT2D eigenvalue weighted by Gasteiger charge is 2.30. The number of nitrogens with zero attached hydrogens (tertiary/aromatic N) is 4. The molecule has 0 saturated carbocycles. The third-order valence-electron chi connectivity index (χ3n) is 5.79. The van der Waals surface area contributed by atoms with Crippen molar-refractivity contribution in [2.45, 2.75) is 59.6 Å². The average molecular weight is 502 g/mol. The molecule has 9 nitrogen and oxygen atoms in total. The number of rotatable bonds is 8. The van der Waals surface area contributed by atoms with Crippen molar-refractivity contribution in [3.8, 4) is 11.5 Å². The molecular weight excluding hydrogens is 465 g/mol. The topological polar surface area (TPSA) is 96.9 Å². The first-order valence-corrected chi connectivity index (χ1v) is 12.3. The van der Waals surface area contributed by atoms with E-state index < -0.39 is 11.4 Å². The number of hydrogen-bond acceptors (Lipinski definition) is 7. The first-order valence-electron chi connectivity index (χ1n) is 12.3. The molecule has 0 aliphatic carbocycles. The Kier molecular flexibility index (Phi) is 8.70. The molecule has 0 bridgehead atoms. The lowest BCUT2D eigenvalue weighted by molar-refractivity contribution is 0.0289. The molecule has 0 unspecified atom stereocenters. The Morgan fingerprint density at radius 3 is 2.69 bits per heavy atom. The molecule has 36 heavy (non-hydrogen) atoms. The van der Waals surface area contributed by atoms with Gasteiger partial charge in [0.1, 0.15) is 23.5 Å². The molecule has 2 heterocycles. The zero-order valence-corrected chi connectivity index (χ0v) is 21.9. The quantitative estimate of drug-likeness (QED) is 0.547. The summed E-state index contributed by atoms with van der Waals surface area (Å²) in [6.07, 6.45) is 3.40.